The minimum Gasteiger partial charge on any atom is -0.331 e. The van der Waals surface area contributed by atoms with Gasteiger partial charge >= 0.3 is 0 Å². The molecule has 108 valence electrons. The first-order valence-electron chi connectivity index (χ1n) is 7.37. The van der Waals surface area contributed by atoms with Gasteiger partial charge in [0.15, 0.2) is 0 Å². The van der Waals surface area contributed by atoms with Crippen LogP contribution in [0.25, 0.3) is 11.0 Å². The molecule has 0 aliphatic rings. The zero-order chi connectivity index (χ0) is 14.8. The standard InChI is InChI=1S/C18H21N3/c1-13(14-8-4-3-5-9-14)15(19)12-18-20-16-10-6-7-11-17(16)21(18)2/h3-11,13,15H,12,19H2,1-2H3. The fraction of sp³-hybridized carbons (Fsp3) is 0.278. The van der Waals surface area contributed by atoms with E-state index in [0.29, 0.717) is 5.92 Å². The Morgan fingerprint density at radius 1 is 1.05 bits per heavy atom. The van der Waals surface area contributed by atoms with Crippen LogP contribution in [0.4, 0.5) is 0 Å². The van der Waals surface area contributed by atoms with Crippen LogP contribution in [0.3, 0.4) is 0 Å². The summed E-state index contributed by atoms with van der Waals surface area (Å²) in [5, 5.41) is 0. The lowest BCUT2D eigenvalue weighted by Crippen LogP contribution is -2.30. The van der Waals surface area contributed by atoms with E-state index < -0.39 is 0 Å². The van der Waals surface area contributed by atoms with Gasteiger partial charge in [-0.3, -0.25) is 0 Å². The summed E-state index contributed by atoms with van der Waals surface area (Å²) in [5.74, 6) is 1.36. The number of para-hydroxylation sites is 2. The van der Waals surface area contributed by atoms with Crippen LogP contribution in [0, 0.1) is 0 Å². The predicted octanol–water partition coefficient (Wildman–Crippen LogP) is 3.25. The van der Waals surface area contributed by atoms with Crippen LogP contribution in [-0.2, 0) is 13.5 Å². The first-order chi connectivity index (χ1) is 10.2. The maximum Gasteiger partial charge on any atom is 0.111 e. The maximum atomic E-state index is 6.42. The zero-order valence-electron chi connectivity index (χ0n) is 12.5. The minimum atomic E-state index is 0.0583. The first kappa shape index (κ1) is 13.8. The van der Waals surface area contributed by atoms with Gasteiger partial charge in [0.25, 0.3) is 0 Å². The Morgan fingerprint density at radius 3 is 2.43 bits per heavy atom. The number of hydrogen-bond acceptors (Lipinski definition) is 2. The summed E-state index contributed by atoms with van der Waals surface area (Å²) in [7, 11) is 2.06. The molecule has 1 aromatic heterocycles. The molecule has 0 saturated heterocycles. The molecule has 1 heterocycles. The average Bonchev–Trinajstić information content (AvgIpc) is 2.84. The molecule has 3 heteroatoms. The van der Waals surface area contributed by atoms with Crippen LogP contribution in [0.1, 0.15) is 24.2 Å². The van der Waals surface area contributed by atoms with E-state index in [9.17, 15) is 0 Å². The number of aryl methyl sites for hydroxylation is 1. The summed E-state index contributed by atoms with van der Waals surface area (Å²) in [6.07, 6.45) is 0.779. The molecule has 3 aromatic rings. The SMILES string of the molecule is CC(c1ccccc1)C(N)Cc1nc2ccccc2n1C. The van der Waals surface area contributed by atoms with Gasteiger partial charge in [-0.05, 0) is 23.6 Å². The van der Waals surface area contributed by atoms with Crippen molar-refractivity contribution < 1.29 is 0 Å². The van der Waals surface area contributed by atoms with E-state index >= 15 is 0 Å². The molecular formula is C18H21N3. The monoisotopic (exact) mass is 279 g/mol. The highest BCUT2D eigenvalue weighted by molar-refractivity contribution is 5.75. The van der Waals surface area contributed by atoms with Gasteiger partial charge in [0.05, 0.1) is 11.0 Å². The Bertz CT molecular complexity index is 731. The molecule has 2 unspecified atom stereocenters. The number of fused-ring (bicyclic) bond motifs is 1. The quantitative estimate of drug-likeness (QED) is 0.796. The van der Waals surface area contributed by atoms with Crippen LogP contribution in [0.15, 0.2) is 54.6 Å². The molecule has 3 rings (SSSR count). The maximum absolute atomic E-state index is 6.42. The number of nitrogens with two attached hydrogens (primary N) is 1. The van der Waals surface area contributed by atoms with Gasteiger partial charge in [0, 0.05) is 19.5 Å². The van der Waals surface area contributed by atoms with Crippen molar-refractivity contribution in [2.45, 2.75) is 25.3 Å². The van der Waals surface area contributed by atoms with Crippen LogP contribution >= 0.6 is 0 Å². The highest BCUT2D eigenvalue weighted by atomic mass is 15.1. The van der Waals surface area contributed by atoms with Crippen molar-refractivity contribution in [3.05, 3.63) is 66.0 Å². The largest absolute Gasteiger partial charge is 0.331 e. The molecule has 0 bridgehead atoms. The summed E-state index contributed by atoms with van der Waals surface area (Å²) >= 11 is 0. The molecule has 0 saturated carbocycles. The van der Waals surface area contributed by atoms with Gasteiger partial charge in [0.2, 0.25) is 0 Å². The highest BCUT2D eigenvalue weighted by Gasteiger charge is 2.18. The van der Waals surface area contributed by atoms with Crippen LogP contribution in [0.2, 0.25) is 0 Å². The second kappa shape index (κ2) is 5.70. The summed E-state index contributed by atoms with van der Waals surface area (Å²) in [6.45, 7) is 2.18. The summed E-state index contributed by atoms with van der Waals surface area (Å²) in [4.78, 5) is 4.71. The smallest absolute Gasteiger partial charge is 0.111 e. The molecule has 0 amide bonds. The van der Waals surface area contributed by atoms with Crippen molar-refractivity contribution in [2.75, 3.05) is 0 Å². The molecular weight excluding hydrogens is 258 g/mol. The van der Waals surface area contributed by atoms with Crippen molar-refractivity contribution in [1.82, 2.24) is 9.55 Å². The summed E-state index contributed by atoms with van der Waals surface area (Å²) < 4.78 is 2.15. The van der Waals surface area contributed by atoms with Gasteiger partial charge in [-0.2, -0.15) is 0 Å². The lowest BCUT2D eigenvalue weighted by atomic mass is 9.92. The number of benzene rings is 2. The van der Waals surface area contributed by atoms with E-state index in [2.05, 4.69) is 48.9 Å². The van der Waals surface area contributed by atoms with Gasteiger partial charge in [-0.25, -0.2) is 4.98 Å². The Morgan fingerprint density at radius 2 is 1.71 bits per heavy atom. The molecule has 2 aromatic carbocycles. The fourth-order valence-electron chi connectivity index (χ4n) is 2.77. The molecule has 3 nitrogen and oxygen atoms in total. The molecule has 0 spiro atoms. The number of rotatable bonds is 4. The Balaban J connectivity index is 1.83. The first-order valence-corrected chi connectivity index (χ1v) is 7.37. The van der Waals surface area contributed by atoms with Gasteiger partial charge < -0.3 is 10.3 Å². The minimum absolute atomic E-state index is 0.0583. The van der Waals surface area contributed by atoms with E-state index in [1.54, 1.807) is 0 Å². The van der Waals surface area contributed by atoms with Crippen LogP contribution < -0.4 is 5.73 Å². The van der Waals surface area contributed by atoms with E-state index in [0.717, 1.165) is 23.3 Å². The normalized spacial score (nSPS) is 14.2. The van der Waals surface area contributed by atoms with Crippen molar-refractivity contribution in [2.24, 2.45) is 12.8 Å². The van der Waals surface area contributed by atoms with E-state index in [-0.39, 0.29) is 6.04 Å². The molecule has 0 radical (unpaired) electrons. The molecule has 0 aliphatic carbocycles. The molecule has 21 heavy (non-hydrogen) atoms. The Hall–Kier alpha value is -2.13. The molecule has 0 fully saturated rings. The van der Waals surface area contributed by atoms with Gasteiger partial charge in [-0.15, -0.1) is 0 Å². The predicted molar refractivity (Wildman–Crippen MR) is 87.3 cm³/mol. The topological polar surface area (TPSA) is 43.8 Å². The van der Waals surface area contributed by atoms with Gasteiger partial charge in [0.1, 0.15) is 5.82 Å². The van der Waals surface area contributed by atoms with Crippen molar-refractivity contribution in [3.8, 4) is 0 Å². The van der Waals surface area contributed by atoms with E-state index in [1.807, 2.05) is 24.3 Å². The lowest BCUT2D eigenvalue weighted by molar-refractivity contribution is 0.543. The second-order valence-corrected chi connectivity index (χ2v) is 5.64. The summed E-state index contributed by atoms with van der Waals surface area (Å²) in [5.41, 5.74) is 9.90. The average molecular weight is 279 g/mol. The third kappa shape index (κ3) is 2.69. The van der Waals surface area contributed by atoms with Gasteiger partial charge in [-0.1, -0.05) is 49.4 Å². The highest BCUT2D eigenvalue weighted by Crippen LogP contribution is 2.21. The number of imidazole rings is 1. The second-order valence-electron chi connectivity index (χ2n) is 5.64. The number of nitrogens with zero attached hydrogens (tertiary/aromatic N) is 2. The van der Waals surface area contributed by atoms with Crippen LogP contribution in [-0.4, -0.2) is 15.6 Å². The lowest BCUT2D eigenvalue weighted by Gasteiger charge is -2.20. The third-order valence-electron chi connectivity index (χ3n) is 4.27. The number of hydrogen-bond donors (Lipinski definition) is 1. The van der Waals surface area contributed by atoms with E-state index in [1.165, 1.54) is 5.56 Å². The Labute approximate surface area is 125 Å². The molecule has 2 N–H and O–H groups in total. The fourth-order valence-corrected chi connectivity index (χ4v) is 2.77. The van der Waals surface area contributed by atoms with Crippen molar-refractivity contribution in [1.29, 1.82) is 0 Å². The van der Waals surface area contributed by atoms with Crippen molar-refractivity contribution >= 4 is 11.0 Å². The number of aromatic nitrogens is 2. The molecule has 2 atom stereocenters. The summed E-state index contributed by atoms with van der Waals surface area (Å²) in [6, 6.07) is 18.7. The zero-order valence-corrected chi connectivity index (χ0v) is 12.5. The Kier molecular flexibility index (Phi) is 3.76. The van der Waals surface area contributed by atoms with Crippen LogP contribution in [0.5, 0.6) is 0 Å². The van der Waals surface area contributed by atoms with Crippen molar-refractivity contribution in [3.63, 3.8) is 0 Å². The molecule has 0 aliphatic heterocycles. The van der Waals surface area contributed by atoms with E-state index in [4.69, 9.17) is 10.7 Å². The third-order valence-corrected chi connectivity index (χ3v) is 4.27.